The SMILES string of the molecule is C=C[C@@H](O)[C@H](C[C@@H](C)OC(C)=O)O[Si](c1ccccc1)(c1ccccc1)C(C)(C)C. The van der Waals surface area contributed by atoms with Gasteiger partial charge in [-0.15, -0.1) is 6.58 Å². The number of carbonyl (C=O) groups excluding carboxylic acids is 1. The fourth-order valence-electron chi connectivity index (χ4n) is 3.99. The van der Waals surface area contributed by atoms with Gasteiger partial charge in [0.2, 0.25) is 0 Å². The Balaban J connectivity index is 2.62. The lowest BCUT2D eigenvalue weighted by atomic mass is 10.1. The van der Waals surface area contributed by atoms with Crippen LogP contribution in [0.2, 0.25) is 5.04 Å². The van der Waals surface area contributed by atoms with Crippen LogP contribution in [0, 0.1) is 0 Å². The first-order valence-corrected chi connectivity index (χ1v) is 12.3. The molecule has 3 atom stereocenters. The third kappa shape index (κ3) is 5.48. The minimum Gasteiger partial charge on any atom is -0.463 e. The molecule has 5 heteroatoms. The molecule has 0 bridgehead atoms. The summed E-state index contributed by atoms with van der Waals surface area (Å²) in [6.07, 6.45) is 0.0216. The second-order valence-electron chi connectivity index (χ2n) is 8.70. The van der Waals surface area contributed by atoms with Crippen molar-refractivity contribution in [3.8, 4) is 0 Å². The highest BCUT2D eigenvalue weighted by Gasteiger charge is 2.52. The molecule has 0 spiro atoms. The molecule has 1 N–H and O–H groups in total. The van der Waals surface area contributed by atoms with E-state index >= 15 is 0 Å². The van der Waals surface area contributed by atoms with Crippen LogP contribution in [0.4, 0.5) is 0 Å². The molecule has 0 saturated carbocycles. The molecule has 4 nitrogen and oxygen atoms in total. The summed E-state index contributed by atoms with van der Waals surface area (Å²) in [5.41, 5.74) is 0. The lowest BCUT2D eigenvalue weighted by Gasteiger charge is -2.46. The monoisotopic (exact) mass is 426 g/mol. The van der Waals surface area contributed by atoms with Crippen molar-refractivity contribution in [3.63, 3.8) is 0 Å². The molecule has 2 rings (SSSR count). The van der Waals surface area contributed by atoms with Gasteiger partial charge in [0.15, 0.2) is 0 Å². The molecular formula is C25H34O4Si. The van der Waals surface area contributed by atoms with Crippen LogP contribution in [0.3, 0.4) is 0 Å². The fraction of sp³-hybridized carbons (Fsp3) is 0.400. The van der Waals surface area contributed by atoms with Gasteiger partial charge in [-0.05, 0) is 22.3 Å². The van der Waals surface area contributed by atoms with Gasteiger partial charge in [0.05, 0.1) is 12.2 Å². The van der Waals surface area contributed by atoms with E-state index in [4.69, 9.17) is 9.16 Å². The minimum atomic E-state index is -2.85. The first kappa shape index (κ1) is 24.1. The number of hydrogen-bond donors (Lipinski definition) is 1. The molecule has 30 heavy (non-hydrogen) atoms. The summed E-state index contributed by atoms with van der Waals surface area (Å²) in [5, 5.41) is 12.8. The van der Waals surface area contributed by atoms with Crippen LogP contribution in [0.25, 0.3) is 0 Å². The van der Waals surface area contributed by atoms with Crippen LogP contribution in [0.1, 0.15) is 41.0 Å². The Kier molecular flexibility index (Phi) is 8.18. The lowest BCUT2D eigenvalue weighted by Crippen LogP contribution is -2.68. The Morgan fingerprint density at radius 3 is 1.90 bits per heavy atom. The van der Waals surface area contributed by atoms with E-state index in [1.807, 2.05) is 43.3 Å². The van der Waals surface area contributed by atoms with Crippen molar-refractivity contribution in [1.29, 1.82) is 0 Å². The van der Waals surface area contributed by atoms with Crippen LogP contribution in [0.5, 0.6) is 0 Å². The first-order valence-electron chi connectivity index (χ1n) is 10.4. The van der Waals surface area contributed by atoms with E-state index in [-0.39, 0.29) is 17.1 Å². The zero-order chi connectivity index (χ0) is 22.4. The first-order chi connectivity index (χ1) is 14.1. The second-order valence-corrected chi connectivity index (χ2v) is 13.0. The van der Waals surface area contributed by atoms with Crippen LogP contribution in [0.15, 0.2) is 73.3 Å². The molecular weight excluding hydrogens is 392 g/mol. The van der Waals surface area contributed by atoms with Gasteiger partial charge in [-0.2, -0.15) is 0 Å². The predicted molar refractivity (Wildman–Crippen MR) is 125 cm³/mol. The average molecular weight is 427 g/mol. The second kappa shape index (κ2) is 10.2. The lowest BCUT2D eigenvalue weighted by molar-refractivity contribution is -0.147. The number of hydrogen-bond acceptors (Lipinski definition) is 4. The normalized spacial score (nSPS) is 15.1. The van der Waals surface area contributed by atoms with E-state index in [0.717, 1.165) is 10.4 Å². The third-order valence-electron chi connectivity index (χ3n) is 5.30. The Bertz CT molecular complexity index is 775. The van der Waals surface area contributed by atoms with Crippen molar-refractivity contribution in [3.05, 3.63) is 73.3 Å². The fourth-order valence-corrected chi connectivity index (χ4v) is 8.69. The van der Waals surface area contributed by atoms with Crippen molar-refractivity contribution in [2.75, 3.05) is 0 Å². The molecule has 0 heterocycles. The molecule has 0 aliphatic rings. The quantitative estimate of drug-likeness (QED) is 0.376. The standard InChI is InChI=1S/C25H34O4Si/c1-7-23(27)24(18-19(2)28-20(3)26)29-30(25(4,5)6,21-14-10-8-11-15-21)22-16-12-9-13-17-22/h7-17,19,23-24,27H,1,18H2,2-6H3/t19-,23-,24+/m1/s1. The molecule has 162 valence electrons. The minimum absolute atomic E-state index is 0.223. The molecule has 2 aromatic rings. The molecule has 2 aromatic carbocycles. The maximum absolute atomic E-state index is 11.4. The van der Waals surface area contributed by atoms with Crippen molar-refractivity contribution < 1.29 is 19.1 Å². The van der Waals surface area contributed by atoms with Gasteiger partial charge in [0.25, 0.3) is 8.32 Å². The Morgan fingerprint density at radius 2 is 1.53 bits per heavy atom. The van der Waals surface area contributed by atoms with Crippen LogP contribution in [-0.4, -0.2) is 37.7 Å². The smallest absolute Gasteiger partial charge is 0.302 e. The van der Waals surface area contributed by atoms with Gasteiger partial charge < -0.3 is 14.3 Å². The van der Waals surface area contributed by atoms with E-state index < -0.39 is 20.5 Å². The summed E-state index contributed by atoms with van der Waals surface area (Å²) in [5.74, 6) is -0.347. The number of ether oxygens (including phenoxy) is 1. The van der Waals surface area contributed by atoms with E-state index in [2.05, 4.69) is 51.6 Å². The van der Waals surface area contributed by atoms with Gasteiger partial charge in [0.1, 0.15) is 6.10 Å². The molecule has 0 unspecified atom stereocenters. The van der Waals surface area contributed by atoms with Crippen molar-refractivity contribution in [2.45, 2.75) is 64.4 Å². The molecule has 0 saturated heterocycles. The molecule has 0 aliphatic carbocycles. The van der Waals surface area contributed by atoms with Gasteiger partial charge in [0, 0.05) is 13.3 Å². The number of carbonyl (C=O) groups is 1. The molecule has 0 aliphatic heterocycles. The zero-order valence-electron chi connectivity index (χ0n) is 18.7. The van der Waals surface area contributed by atoms with Gasteiger partial charge in [-0.1, -0.05) is 87.5 Å². The Morgan fingerprint density at radius 1 is 1.07 bits per heavy atom. The van der Waals surface area contributed by atoms with E-state index in [9.17, 15) is 9.90 Å². The number of benzene rings is 2. The predicted octanol–water partition coefficient (Wildman–Crippen LogP) is 3.82. The van der Waals surface area contributed by atoms with Gasteiger partial charge in [-0.25, -0.2) is 0 Å². The number of rotatable bonds is 9. The highest BCUT2D eigenvalue weighted by atomic mass is 28.4. The van der Waals surface area contributed by atoms with E-state index in [0.29, 0.717) is 6.42 Å². The highest BCUT2D eigenvalue weighted by Crippen LogP contribution is 2.38. The van der Waals surface area contributed by atoms with E-state index in [1.165, 1.54) is 13.0 Å². The van der Waals surface area contributed by atoms with Crippen LogP contribution >= 0.6 is 0 Å². The maximum atomic E-state index is 11.4. The molecule has 0 fully saturated rings. The third-order valence-corrected chi connectivity index (χ3v) is 10.4. The Labute approximate surface area is 181 Å². The molecule has 0 amide bonds. The summed E-state index contributed by atoms with van der Waals surface area (Å²) in [6.45, 7) is 13.5. The summed E-state index contributed by atoms with van der Waals surface area (Å²) in [4.78, 5) is 11.4. The number of aliphatic hydroxyl groups excluding tert-OH is 1. The maximum Gasteiger partial charge on any atom is 0.302 e. The largest absolute Gasteiger partial charge is 0.463 e. The Hall–Kier alpha value is -2.21. The molecule has 0 aromatic heterocycles. The summed E-state index contributed by atoms with van der Waals surface area (Å²) < 4.78 is 12.3. The summed E-state index contributed by atoms with van der Waals surface area (Å²) >= 11 is 0. The number of esters is 1. The van der Waals surface area contributed by atoms with Gasteiger partial charge >= 0.3 is 5.97 Å². The number of aliphatic hydroxyl groups is 1. The summed E-state index contributed by atoms with van der Waals surface area (Å²) in [6, 6.07) is 20.5. The topological polar surface area (TPSA) is 55.8 Å². The average Bonchev–Trinajstić information content (AvgIpc) is 2.70. The zero-order valence-corrected chi connectivity index (χ0v) is 19.7. The summed E-state index contributed by atoms with van der Waals surface area (Å²) in [7, 11) is -2.85. The van der Waals surface area contributed by atoms with Crippen LogP contribution < -0.4 is 10.4 Å². The van der Waals surface area contributed by atoms with E-state index in [1.54, 1.807) is 0 Å². The van der Waals surface area contributed by atoms with Crippen molar-refractivity contribution in [2.24, 2.45) is 0 Å². The van der Waals surface area contributed by atoms with Crippen molar-refractivity contribution >= 4 is 24.7 Å². The van der Waals surface area contributed by atoms with Crippen LogP contribution in [-0.2, 0) is 14.0 Å². The van der Waals surface area contributed by atoms with Gasteiger partial charge in [-0.3, -0.25) is 4.79 Å². The molecule has 0 radical (unpaired) electrons. The highest BCUT2D eigenvalue weighted by molar-refractivity contribution is 6.99. The van der Waals surface area contributed by atoms with Crippen molar-refractivity contribution in [1.82, 2.24) is 0 Å².